The van der Waals surface area contributed by atoms with Crippen molar-refractivity contribution in [2.75, 3.05) is 11.4 Å². The number of hydrogen-bond acceptors (Lipinski definition) is 3. The summed E-state index contributed by atoms with van der Waals surface area (Å²) in [6, 6.07) is 13.1. The Balaban J connectivity index is 1.61. The number of ketones is 1. The minimum absolute atomic E-state index is 0.130. The molecule has 3 nitrogen and oxygen atoms in total. The molecule has 30 heavy (non-hydrogen) atoms. The normalized spacial score (nSPS) is 13.4. The summed E-state index contributed by atoms with van der Waals surface area (Å²) in [6.07, 6.45) is 0.666. The van der Waals surface area contributed by atoms with Crippen LogP contribution < -0.4 is 4.90 Å². The average molecular weight is 410 g/mol. The fraction of sp³-hybridized carbons (Fsp3) is 0.250. The zero-order valence-corrected chi connectivity index (χ0v) is 16.5. The maximum Gasteiger partial charge on any atom is 0.416 e. The van der Waals surface area contributed by atoms with E-state index in [1.807, 2.05) is 31.2 Å². The van der Waals surface area contributed by atoms with Gasteiger partial charge in [-0.3, -0.25) is 9.78 Å². The van der Waals surface area contributed by atoms with Gasteiger partial charge in [-0.25, -0.2) is 0 Å². The SMILES string of the molecule is CCC(=O)c1cccc2c1CCN2c1cncc(Cc2cccc(C(F)(F)F)c2)c1. The van der Waals surface area contributed by atoms with Gasteiger partial charge in [0, 0.05) is 30.4 Å². The van der Waals surface area contributed by atoms with E-state index in [4.69, 9.17) is 0 Å². The van der Waals surface area contributed by atoms with Crippen molar-refractivity contribution in [3.8, 4) is 0 Å². The zero-order chi connectivity index (χ0) is 21.3. The molecule has 1 aliphatic rings. The van der Waals surface area contributed by atoms with Crippen molar-refractivity contribution in [2.45, 2.75) is 32.4 Å². The summed E-state index contributed by atoms with van der Waals surface area (Å²) in [7, 11) is 0. The molecular weight excluding hydrogens is 389 g/mol. The van der Waals surface area contributed by atoms with Crippen molar-refractivity contribution < 1.29 is 18.0 Å². The topological polar surface area (TPSA) is 33.2 Å². The van der Waals surface area contributed by atoms with Crippen LogP contribution in [-0.4, -0.2) is 17.3 Å². The molecule has 154 valence electrons. The number of rotatable bonds is 5. The summed E-state index contributed by atoms with van der Waals surface area (Å²) >= 11 is 0. The van der Waals surface area contributed by atoms with Gasteiger partial charge in [0.15, 0.2) is 5.78 Å². The van der Waals surface area contributed by atoms with E-state index in [0.717, 1.165) is 47.1 Å². The number of aromatic nitrogens is 1. The van der Waals surface area contributed by atoms with Gasteiger partial charge in [-0.1, -0.05) is 37.3 Å². The van der Waals surface area contributed by atoms with Gasteiger partial charge < -0.3 is 4.90 Å². The van der Waals surface area contributed by atoms with E-state index in [1.54, 1.807) is 18.5 Å². The highest BCUT2D eigenvalue weighted by molar-refractivity contribution is 5.99. The second-order valence-electron chi connectivity index (χ2n) is 7.41. The van der Waals surface area contributed by atoms with E-state index in [2.05, 4.69) is 9.88 Å². The molecule has 0 fully saturated rings. The van der Waals surface area contributed by atoms with Gasteiger partial charge in [0.1, 0.15) is 0 Å². The first-order chi connectivity index (χ1) is 14.4. The van der Waals surface area contributed by atoms with Crippen molar-refractivity contribution in [1.82, 2.24) is 4.98 Å². The first-order valence-electron chi connectivity index (χ1n) is 9.89. The van der Waals surface area contributed by atoms with Gasteiger partial charge >= 0.3 is 6.18 Å². The molecule has 6 heteroatoms. The largest absolute Gasteiger partial charge is 0.416 e. The van der Waals surface area contributed by atoms with E-state index >= 15 is 0 Å². The number of pyridine rings is 1. The van der Waals surface area contributed by atoms with Gasteiger partial charge in [-0.2, -0.15) is 13.2 Å². The molecule has 0 radical (unpaired) electrons. The number of Topliss-reactive ketones (excluding diaryl/α,β-unsaturated/α-hetero) is 1. The summed E-state index contributed by atoms with van der Waals surface area (Å²) in [5.74, 6) is 0.130. The Morgan fingerprint density at radius 3 is 2.63 bits per heavy atom. The monoisotopic (exact) mass is 410 g/mol. The molecule has 2 aromatic carbocycles. The van der Waals surface area contributed by atoms with E-state index in [9.17, 15) is 18.0 Å². The van der Waals surface area contributed by atoms with Crippen molar-refractivity contribution in [1.29, 1.82) is 0 Å². The lowest BCUT2D eigenvalue weighted by atomic mass is 10.00. The molecular formula is C24H21F3N2O. The number of alkyl halides is 3. The van der Waals surface area contributed by atoms with Crippen molar-refractivity contribution in [3.63, 3.8) is 0 Å². The Kier molecular flexibility index (Phi) is 5.33. The Bertz CT molecular complexity index is 1090. The number of anilines is 2. The molecule has 0 atom stereocenters. The van der Waals surface area contributed by atoms with Crippen LogP contribution in [0, 0.1) is 0 Å². The Morgan fingerprint density at radius 1 is 1.07 bits per heavy atom. The molecule has 0 amide bonds. The molecule has 0 saturated heterocycles. The number of hydrogen-bond donors (Lipinski definition) is 0. The highest BCUT2D eigenvalue weighted by Gasteiger charge is 2.30. The van der Waals surface area contributed by atoms with Gasteiger partial charge in [0.25, 0.3) is 0 Å². The van der Waals surface area contributed by atoms with E-state index in [0.29, 0.717) is 18.4 Å². The number of benzene rings is 2. The summed E-state index contributed by atoms with van der Waals surface area (Å²) in [6.45, 7) is 2.59. The third-order valence-electron chi connectivity index (χ3n) is 5.40. The van der Waals surface area contributed by atoms with E-state index < -0.39 is 11.7 Å². The molecule has 1 aromatic heterocycles. The summed E-state index contributed by atoms with van der Waals surface area (Å²) in [4.78, 5) is 18.7. The number of carbonyl (C=O) groups excluding carboxylic acids is 1. The van der Waals surface area contributed by atoms with Gasteiger partial charge in [0.2, 0.25) is 0 Å². The van der Waals surface area contributed by atoms with E-state index in [-0.39, 0.29) is 5.78 Å². The molecule has 0 aliphatic carbocycles. The van der Waals surface area contributed by atoms with Crippen LogP contribution in [0.2, 0.25) is 0 Å². The highest BCUT2D eigenvalue weighted by atomic mass is 19.4. The van der Waals surface area contributed by atoms with Crippen LogP contribution in [0.3, 0.4) is 0 Å². The first kappa shape index (κ1) is 20.1. The smallest absolute Gasteiger partial charge is 0.340 e. The van der Waals surface area contributed by atoms with Crippen LogP contribution in [-0.2, 0) is 19.0 Å². The lowest BCUT2D eigenvalue weighted by Crippen LogP contribution is -2.13. The second kappa shape index (κ2) is 7.94. The molecule has 3 aromatic rings. The molecule has 2 heterocycles. The summed E-state index contributed by atoms with van der Waals surface area (Å²) in [5.41, 5.74) is 4.46. The Morgan fingerprint density at radius 2 is 1.87 bits per heavy atom. The molecule has 0 bridgehead atoms. The average Bonchev–Trinajstić information content (AvgIpc) is 3.17. The van der Waals surface area contributed by atoms with Crippen LogP contribution in [0.4, 0.5) is 24.5 Å². The Hall–Kier alpha value is -3.15. The lowest BCUT2D eigenvalue weighted by molar-refractivity contribution is -0.137. The fourth-order valence-corrected chi connectivity index (χ4v) is 3.97. The molecule has 0 unspecified atom stereocenters. The van der Waals surface area contributed by atoms with Gasteiger partial charge in [-0.15, -0.1) is 0 Å². The standard InChI is InChI=1S/C24H21F3N2O/c1-2-23(30)21-7-4-8-22-20(21)9-10-29(22)19-13-17(14-28-15-19)11-16-5-3-6-18(12-16)24(25,26)27/h3-8,12-15H,2,9-11H2,1H3. The fourth-order valence-electron chi connectivity index (χ4n) is 3.97. The first-order valence-corrected chi connectivity index (χ1v) is 9.89. The summed E-state index contributed by atoms with van der Waals surface area (Å²) < 4.78 is 39.0. The maximum absolute atomic E-state index is 13.0. The quantitative estimate of drug-likeness (QED) is 0.485. The van der Waals surface area contributed by atoms with Crippen LogP contribution in [0.25, 0.3) is 0 Å². The summed E-state index contributed by atoms with van der Waals surface area (Å²) in [5, 5.41) is 0. The molecule has 0 saturated carbocycles. The predicted octanol–water partition coefficient (Wildman–Crippen LogP) is 5.98. The zero-order valence-electron chi connectivity index (χ0n) is 16.5. The lowest BCUT2D eigenvalue weighted by Gasteiger charge is -2.20. The molecule has 1 aliphatic heterocycles. The highest BCUT2D eigenvalue weighted by Crippen LogP contribution is 2.37. The minimum atomic E-state index is -4.36. The van der Waals surface area contributed by atoms with E-state index in [1.165, 1.54) is 12.1 Å². The molecule has 0 spiro atoms. The van der Waals surface area contributed by atoms with Crippen LogP contribution >= 0.6 is 0 Å². The van der Waals surface area contributed by atoms with Crippen LogP contribution in [0.1, 0.15) is 46.0 Å². The minimum Gasteiger partial charge on any atom is -0.340 e. The predicted molar refractivity (Wildman–Crippen MR) is 110 cm³/mol. The number of nitrogens with zero attached hydrogens (tertiary/aromatic N) is 2. The van der Waals surface area contributed by atoms with Crippen molar-refractivity contribution >= 4 is 17.2 Å². The third-order valence-corrected chi connectivity index (χ3v) is 5.40. The Labute approximate surface area is 173 Å². The number of fused-ring (bicyclic) bond motifs is 1. The van der Waals surface area contributed by atoms with Gasteiger partial charge in [0.05, 0.1) is 17.4 Å². The molecule has 0 N–H and O–H groups in total. The number of carbonyl (C=O) groups is 1. The van der Waals surface area contributed by atoms with Gasteiger partial charge in [-0.05, 0) is 47.7 Å². The second-order valence-corrected chi connectivity index (χ2v) is 7.41. The van der Waals surface area contributed by atoms with Crippen molar-refractivity contribution in [2.24, 2.45) is 0 Å². The molecule has 4 rings (SSSR count). The number of halogens is 3. The third kappa shape index (κ3) is 3.95. The van der Waals surface area contributed by atoms with Crippen molar-refractivity contribution in [3.05, 3.63) is 88.7 Å². The van der Waals surface area contributed by atoms with Crippen LogP contribution in [0.5, 0.6) is 0 Å². The maximum atomic E-state index is 13.0. The van der Waals surface area contributed by atoms with Crippen LogP contribution in [0.15, 0.2) is 60.9 Å².